The Balaban J connectivity index is 2.64. The van der Waals surface area contributed by atoms with E-state index in [9.17, 15) is 0 Å². The van der Waals surface area contributed by atoms with Gasteiger partial charge in [0.1, 0.15) is 5.82 Å². The highest BCUT2D eigenvalue weighted by atomic mass is 35.5. The van der Waals surface area contributed by atoms with Gasteiger partial charge in [0.15, 0.2) is 0 Å². The lowest BCUT2D eigenvalue weighted by Crippen LogP contribution is -2.20. The molecule has 0 fully saturated rings. The second kappa shape index (κ2) is 7.51. The minimum absolute atomic E-state index is 0.745. The molecule has 0 saturated carbocycles. The third-order valence-electron chi connectivity index (χ3n) is 2.59. The first-order valence-corrected chi connectivity index (χ1v) is 6.63. The topological polar surface area (TPSA) is 28.2 Å². The first-order chi connectivity index (χ1) is 8.17. The molecule has 3 nitrogen and oxygen atoms in total. The summed E-state index contributed by atoms with van der Waals surface area (Å²) in [6.07, 6.45) is 2.42. The highest BCUT2D eigenvalue weighted by Crippen LogP contribution is 2.18. The summed E-state index contributed by atoms with van der Waals surface area (Å²) in [6, 6.07) is 3.83. The van der Waals surface area contributed by atoms with Gasteiger partial charge in [0, 0.05) is 13.1 Å². The van der Waals surface area contributed by atoms with Crippen LogP contribution in [0.4, 0.5) is 5.82 Å². The van der Waals surface area contributed by atoms with Gasteiger partial charge in [-0.05, 0) is 39.1 Å². The van der Waals surface area contributed by atoms with Crippen LogP contribution in [-0.4, -0.2) is 30.0 Å². The summed E-state index contributed by atoms with van der Waals surface area (Å²) in [5.41, 5.74) is 0.948. The Labute approximate surface area is 109 Å². The summed E-state index contributed by atoms with van der Waals surface area (Å²) in [7, 11) is 2.10. The molecule has 0 aliphatic heterocycles. The predicted molar refractivity (Wildman–Crippen MR) is 74.7 cm³/mol. The molecule has 0 atom stereocenters. The van der Waals surface area contributed by atoms with Gasteiger partial charge in [-0.25, -0.2) is 4.98 Å². The molecule has 0 bridgehead atoms. The van der Waals surface area contributed by atoms with Crippen LogP contribution in [0.15, 0.2) is 12.1 Å². The molecule has 1 aromatic rings. The number of nitrogens with zero attached hydrogens (tertiary/aromatic N) is 2. The van der Waals surface area contributed by atoms with Crippen LogP contribution in [0.5, 0.6) is 0 Å². The van der Waals surface area contributed by atoms with E-state index in [-0.39, 0.29) is 0 Å². The molecule has 17 heavy (non-hydrogen) atoms. The Kier molecular flexibility index (Phi) is 6.30. The Bertz CT molecular complexity index is 341. The number of aromatic nitrogens is 1. The van der Waals surface area contributed by atoms with E-state index in [1.807, 2.05) is 12.1 Å². The number of hydrogen-bond donors (Lipinski definition) is 1. The summed E-state index contributed by atoms with van der Waals surface area (Å²) in [5.74, 6) is 0.899. The number of unbranched alkanes of at least 4 members (excludes halogenated alkanes) is 1. The number of anilines is 1. The van der Waals surface area contributed by atoms with Gasteiger partial charge in [-0.15, -0.1) is 0 Å². The van der Waals surface area contributed by atoms with Crippen LogP contribution in [0.25, 0.3) is 0 Å². The molecule has 0 amide bonds. The van der Waals surface area contributed by atoms with Crippen molar-refractivity contribution in [3.05, 3.63) is 22.8 Å². The van der Waals surface area contributed by atoms with Crippen LogP contribution < -0.4 is 5.32 Å². The Morgan fingerprint density at radius 1 is 1.35 bits per heavy atom. The molecular formula is C13H22ClN3. The van der Waals surface area contributed by atoms with Gasteiger partial charge in [-0.3, -0.25) is 0 Å². The van der Waals surface area contributed by atoms with Crippen molar-refractivity contribution in [3.8, 4) is 0 Å². The molecule has 1 rings (SSSR count). The summed E-state index contributed by atoms with van der Waals surface area (Å²) in [5, 5.41) is 3.95. The second-order valence-electron chi connectivity index (χ2n) is 4.25. The summed E-state index contributed by atoms with van der Waals surface area (Å²) in [6.45, 7) is 7.02. The number of rotatable bonds is 7. The number of pyridine rings is 1. The molecule has 0 aromatic carbocycles. The van der Waals surface area contributed by atoms with E-state index in [1.54, 1.807) is 0 Å². The molecule has 0 unspecified atom stereocenters. The lowest BCUT2D eigenvalue weighted by Gasteiger charge is -2.17. The SMILES string of the molecule is CCCCN(C)Cc1nc(NCC)ccc1Cl. The van der Waals surface area contributed by atoms with Gasteiger partial charge < -0.3 is 10.2 Å². The molecule has 1 heterocycles. The largest absolute Gasteiger partial charge is 0.370 e. The van der Waals surface area contributed by atoms with Gasteiger partial charge in [0.05, 0.1) is 10.7 Å². The number of hydrogen-bond acceptors (Lipinski definition) is 3. The van der Waals surface area contributed by atoms with E-state index in [4.69, 9.17) is 11.6 Å². The van der Waals surface area contributed by atoms with E-state index >= 15 is 0 Å². The van der Waals surface area contributed by atoms with Crippen LogP contribution in [-0.2, 0) is 6.54 Å². The molecular weight excluding hydrogens is 234 g/mol. The van der Waals surface area contributed by atoms with Crippen molar-refractivity contribution in [1.82, 2.24) is 9.88 Å². The lowest BCUT2D eigenvalue weighted by molar-refractivity contribution is 0.317. The zero-order chi connectivity index (χ0) is 12.7. The van der Waals surface area contributed by atoms with E-state index in [1.165, 1.54) is 12.8 Å². The fraction of sp³-hybridized carbons (Fsp3) is 0.615. The predicted octanol–water partition coefficient (Wildman–Crippen LogP) is 3.40. The van der Waals surface area contributed by atoms with Crippen LogP contribution in [0.3, 0.4) is 0 Å². The Morgan fingerprint density at radius 2 is 2.12 bits per heavy atom. The van der Waals surface area contributed by atoms with Crippen LogP contribution >= 0.6 is 11.6 Å². The second-order valence-corrected chi connectivity index (χ2v) is 4.65. The smallest absolute Gasteiger partial charge is 0.126 e. The van der Waals surface area contributed by atoms with Crippen LogP contribution in [0.2, 0.25) is 5.02 Å². The third kappa shape index (κ3) is 4.92. The van der Waals surface area contributed by atoms with Crippen molar-refractivity contribution >= 4 is 17.4 Å². The zero-order valence-corrected chi connectivity index (χ0v) is 11.7. The van der Waals surface area contributed by atoms with E-state index in [0.717, 1.165) is 36.2 Å². The van der Waals surface area contributed by atoms with Crippen molar-refractivity contribution in [2.75, 3.05) is 25.5 Å². The van der Waals surface area contributed by atoms with Gasteiger partial charge >= 0.3 is 0 Å². The minimum Gasteiger partial charge on any atom is -0.370 e. The molecule has 0 aliphatic rings. The summed E-state index contributed by atoms with van der Waals surface area (Å²) >= 11 is 6.16. The molecule has 1 aromatic heterocycles. The van der Waals surface area contributed by atoms with Gasteiger partial charge in [0.25, 0.3) is 0 Å². The van der Waals surface area contributed by atoms with E-state index in [0.29, 0.717) is 0 Å². The van der Waals surface area contributed by atoms with Gasteiger partial charge in [0.2, 0.25) is 0 Å². The maximum Gasteiger partial charge on any atom is 0.126 e. The zero-order valence-electron chi connectivity index (χ0n) is 11.0. The molecule has 0 saturated heterocycles. The van der Waals surface area contributed by atoms with Crippen molar-refractivity contribution < 1.29 is 0 Å². The molecule has 96 valence electrons. The van der Waals surface area contributed by atoms with E-state index in [2.05, 4.69) is 36.1 Å². The molecule has 1 N–H and O–H groups in total. The van der Waals surface area contributed by atoms with E-state index < -0.39 is 0 Å². The third-order valence-corrected chi connectivity index (χ3v) is 2.93. The molecule has 0 aliphatic carbocycles. The molecule has 0 radical (unpaired) electrons. The fourth-order valence-electron chi connectivity index (χ4n) is 1.64. The number of halogens is 1. The summed E-state index contributed by atoms with van der Waals surface area (Å²) in [4.78, 5) is 6.78. The van der Waals surface area contributed by atoms with Crippen molar-refractivity contribution in [3.63, 3.8) is 0 Å². The minimum atomic E-state index is 0.745. The fourth-order valence-corrected chi connectivity index (χ4v) is 1.80. The average molecular weight is 256 g/mol. The number of nitrogens with one attached hydrogen (secondary N) is 1. The Morgan fingerprint density at radius 3 is 2.76 bits per heavy atom. The van der Waals surface area contributed by atoms with Crippen molar-refractivity contribution in [2.24, 2.45) is 0 Å². The highest BCUT2D eigenvalue weighted by molar-refractivity contribution is 6.31. The Hall–Kier alpha value is -0.800. The van der Waals surface area contributed by atoms with Crippen LogP contribution in [0.1, 0.15) is 32.4 Å². The quantitative estimate of drug-likeness (QED) is 0.810. The lowest BCUT2D eigenvalue weighted by atomic mass is 10.3. The maximum atomic E-state index is 6.16. The van der Waals surface area contributed by atoms with Crippen molar-refractivity contribution in [1.29, 1.82) is 0 Å². The monoisotopic (exact) mass is 255 g/mol. The van der Waals surface area contributed by atoms with Crippen molar-refractivity contribution in [2.45, 2.75) is 33.2 Å². The first kappa shape index (κ1) is 14.3. The molecule has 0 spiro atoms. The maximum absolute atomic E-state index is 6.16. The standard InChI is InChI=1S/C13H22ClN3/c1-4-6-9-17(3)10-12-11(14)7-8-13(16-12)15-5-2/h7-8H,4-6,9-10H2,1-3H3,(H,15,16). The van der Waals surface area contributed by atoms with Crippen LogP contribution in [0, 0.1) is 0 Å². The van der Waals surface area contributed by atoms with Gasteiger partial charge in [-0.2, -0.15) is 0 Å². The first-order valence-electron chi connectivity index (χ1n) is 6.25. The van der Waals surface area contributed by atoms with Gasteiger partial charge in [-0.1, -0.05) is 24.9 Å². The average Bonchev–Trinajstić information content (AvgIpc) is 2.31. The highest BCUT2D eigenvalue weighted by Gasteiger charge is 2.06. The molecule has 4 heteroatoms. The summed E-state index contributed by atoms with van der Waals surface area (Å²) < 4.78 is 0. The normalized spacial score (nSPS) is 10.9.